The highest BCUT2D eigenvalue weighted by atomic mass is 15.0. The van der Waals surface area contributed by atoms with Crippen LogP contribution in [0.5, 0.6) is 0 Å². The van der Waals surface area contributed by atoms with Crippen LogP contribution in [0, 0.1) is 6.92 Å². The molecule has 0 unspecified atom stereocenters. The van der Waals surface area contributed by atoms with Gasteiger partial charge in [-0.25, -0.2) is 0 Å². The molecular weight excluding hydrogens is 619 g/mol. The first-order valence-electron chi connectivity index (χ1n) is 17.3. The molecule has 0 N–H and O–H groups in total. The zero-order valence-corrected chi connectivity index (χ0v) is 28.4. The van der Waals surface area contributed by atoms with Crippen molar-refractivity contribution < 1.29 is 0 Å². The summed E-state index contributed by atoms with van der Waals surface area (Å²) in [7, 11) is 0. The Morgan fingerprint density at radius 2 is 1.18 bits per heavy atom. The first kappa shape index (κ1) is 30.4. The minimum Gasteiger partial charge on any atom is -0.313 e. The summed E-state index contributed by atoms with van der Waals surface area (Å²) in [5.74, 6) is 0. The van der Waals surface area contributed by atoms with Crippen LogP contribution < -0.4 is 0 Å². The van der Waals surface area contributed by atoms with Gasteiger partial charge in [0.15, 0.2) is 0 Å². The largest absolute Gasteiger partial charge is 0.313 e. The maximum atomic E-state index is 4.94. The Hall–Kier alpha value is -6.71. The number of hydrogen-bond donors (Lipinski definition) is 0. The van der Waals surface area contributed by atoms with Gasteiger partial charge in [-0.3, -0.25) is 4.98 Å². The fraction of sp³-hybridized carbons (Fsp3) is 0.0208. The molecule has 0 saturated heterocycles. The number of para-hydroxylation sites is 1. The van der Waals surface area contributed by atoms with Crippen molar-refractivity contribution in [2.45, 2.75) is 6.92 Å². The Morgan fingerprint density at radius 1 is 0.529 bits per heavy atom. The normalized spacial score (nSPS) is 11.6. The number of benzene rings is 6. The van der Waals surface area contributed by atoms with Crippen LogP contribution in [0.1, 0.15) is 11.3 Å². The highest BCUT2D eigenvalue weighted by Gasteiger charge is 2.20. The molecule has 9 rings (SSSR count). The van der Waals surface area contributed by atoms with Crippen LogP contribution in [-0.4, -0.2) is 14.1 Å². The SMILES string of the molecule is C=C/C=C\c1c(C)n(-c2cccc(-c3ccccc3)c2)c2c(-c3ccc4c(c3)c3ncccc3n4-c3cccc(-c4ccccc4)c3)cccc12. The average Bonchev–Trinajstić information content (AvgIpc) is 3.68. The molecule has 51 heavy (non-hydrogen) atoms. The van der Waals surface area contributed by atoms with E-state index < -0.39 is 0 Å². The Labute approximate surface area is 297 Å². The lowest BCUT2D eigenvalue weighted by Crippen LogP contribution is -1.98. The molecule has 3 heteroatoms. The first-order valence-corrected chi connectivity index (χ1v) is 17.3. The van der Waals surface area contributed by atoms with Crippen LogP contribution in [0.3, 0.4) is 0 Å². The predicted octanol–water partition coefficient (Wildman–Crippen LogP) is 12.6. The van der Waals surface area contributed by atoms with Crippen LogP contribution in [0.4, 0.5) is 0 Å². The summed E-state index contributed by atoms with van der Waals surface area (Å²) in [6.07, 6.45) is 7.94. The molecule has 0 aliphatic rings. The smallest absolute Gasteiger partial charge is 0.0963 e. The van der Waals surface area contributed by atoms with E-state index in [0.29, 0.717) is 0 Å². The van der Waals surface area contributed by atoms with Gasteiger partial charge in [-0.1, -0.05) is 134 Å². The quantitative estimate of drug-likeness (QED) is 0.157. The minimum absolute atomic E-state index is 0.989. The number of nitrogens with zero attached hydrogens (tertiary/aromatic N) is 3. The third-order valence-electron chi connectivity index (χ3n) is 9.93. The van der Waals surface area contributed by atoms with Crippen LogP contribution in [-0.2, 0) is 0 Å². The summed E-state index contributed by atoms with van der Waals surface area (Å²) in [6, 6.07) is 56.5. The molecule has 9 aromatic rings. The van der Waals surface area contributed by atoms with Gasteiger partial charge in [0, 0.05) is 45.2 Å². The number of allylic oxidation sites excluding steroid dienone is 2. The summed E-state index contributed by atoms with van der Waals surface area (Å²) in [6.45, 7) is 6.17. The van der Waals surface area contributed by atoms with Gasteiger partial charge in [-0.05, 0) is 83.3 Å². The molecule has 0 aliphatic heterocycles. The van der Waals surface area contributed by atoms with E-state index in [9.17, 15) is 0 Å². The summed E-state index contributed by atoms with van der Waals surface area (Å²) in [5, 5.41) is 2.32. The average molecular weight is 654 g/mol. The molecule has 0 amide bonds. The van der Waals surface area contributed by atoms with Crippen molar-refractivity contribution in [3.63, 3.8) is 0 Å². The fourth-order valence-electron chi connectivity index (χ4n) is 7.61. The van der Waals surface area contributed by atoms with Crippen molar-refractivity contribution >= 4 is 38.9 Å². The highest BCUT2D eigenvalue weighted by Crippen LogP contribution is 2.40. The topological polar surface area (TPSA) is 22.8 Å². The molecule has 0 aliphatic carbocycles. The molecule has 242 valence electrons. The van der Waals surface area contributed by atoms with E-state index in [1.165, 1.54) is 50.0 Å². The van der Waals surface area contributed by atoms with Crippen molar-refractivity contribution in [2.75, 3.05) is 0 Å². The minimum atomic E-state index is 0.989. The van der Waals surface area contributed by atoms with Gasteiger partial charge in [0.25, 0.3) is 0 Å². The molecule has 3 aromatic heterocycles. The molecule has 0 saturated carbocycles. The van der Waals surface area contributed by atoms with Gasteiger partial charge in [0.2, 0.25) is 0 Å². The Kier molecular flexibility index (Phi) is 7.52. The van der Waals surface area contributed by atoms with E-state index in [1.54, 1.807) is 0 Å². The lowest BCUT2D eigenvalue weighted by molar-refractivity contribution is 1.05. The van der Waals surface area contributed by atoms with Gasteiger partial charge < -0.3 is 9.13 Å². The maximum absolute atomic E-state index is 4.94. The van der Waals surface area contributed by atoms with Crippen LogP contribution in [0.15, 0.2) is 183 Å². The third-order valence-corrected chi connectivity index (χ3v) is 9.93. The van der Waals surface area contributed by atoms with Crippen LogP contribution in [0.2, 0.25) is 0 Å². The van der Waals surface area contributed by atoms with Gasteiger partial charge in [-0.15, -0.1) is 0 Å². The van der Waals surface area contributed by atoms with Crippen molar-refractivity contribution in [3.05, 3.63) is 194 Å². The highest BCUT2D eigenvalue weighted by molar-refractivity contribution is 6.10. The van der Waals surface area contributed by atoms with Crippen LogP contribution >= 0.6 is 0 Å². The molecule has 0 bridgehead atoms. The number of fused-ring (bicyclic) bond motifs is 4. The van der Waals surface area contributed by atoms with E-state index in [0.717, 1.165) is 38.9 Å². The Balaban J connectivity index is 1.27. The van der Waals surface area contributed by atoms with Crippen molar-refractivity contribution in [2.24, 2.45) is 0 Å². The summed E-state index contributed by atoms with van der Waals surface area (Å²) in [4.78, 5) is 4.94. The maximum Gasteiger partial charge on any atom is 0.0963 e. The Morgan fingerprint density at radius 3 is 1.86 bits per heavy atom. The van der Waals surface area contributed by atoms with Gasteiger partial charge in [0.1, 0.15) is 0 Å². The van der Waals surface area contributed by atoms with Gasteiger partial charge >= 0.3 is 0 Å². The number of rotatable bonds is 7. The van der Waals surface area contributed by atoms with Gasteiger partial charge in [-0.2, -0.15) is 0 Å². The van der Waals surface area contributed by atoms with E-state index in [1.807, 2.05) is 24.4 Å². The second-order valence-corrected chi connectivity index (χ2v) is 12.9. The van der Waals surface area contributed by atoms with Crippen LogP contribution in [0.25, 0.3) is 83.7 Å². The molecule has 0 radical (unpaired) electrons. The standard InChI is InChI=1S/C48H35N3/c1-3-4-23-41-33(2)50(39-21-11-19-36(30-39)34-15-7-5-8-16-34)48-42(24-13-25-43(41)48)38-27-28-45-44(32-38)47-46(26-14-29-49-47)51(45)40-22-12-20-37(31-40)35-17-9-6-10-18-35/h3-32H,1H2,2H3/b23-4-. The van der Waals surface area contributed by atoms with Crippen molar-refractivity contribution in [3.8, 4) is 44.8 Å². The van der Waals surface area contributed by atoms with E-state index in [2.05, 4.69) is 180 Å². The lowest BCUT2D eigenvalue weighted by Gasteiger charge is -2.14. The fourth-order valence-corrected chi connectivity index (χ4v) is 7.61. The van der Waals surface area contributed by atoms with Gasteiger partial charge in [0.05, 0.1) is 22.1 Å². The monoisotopic (exact) mass is 653 g/mol. The summed E-state index contributed by atoms with van der Waals surface area (Å²) < 4.78 is 4.76. The molecule has 0 fully saturated rings. The summed E-state index contributed by atoms with van der Waals surface area (Å²) in [5.41, 5.74) is 16.1. The number of aromatic nitrogens is 3. The second kappa shape index (κ2) is 12.6. The van der Waals surface area contributed by atoms with E-state index >= 15 is 0 Å². The van der Waals surface area contributed by atoms with E-state index in [4.69, 9.17) is 4.98 Å². The van der Waals surface area contributed by atoms with Crippen molar-refractivity contribution in [1.82, 2.24) is 14.1 Å². The zero-order valence-electron chi connectivity index (χ0n) is 28.4. The first-order chi connectivity index (χ1) is 25.2. The summed E-state index contributed by atoms with van der Waals surface area (Å²) >= 11 is 0. The molecule has 3 heterocycles. The van der Waals surface area contributed by atoms with E-state index in [-0.39, 0.29) is 0 Å². The molecular formula is C48H35N3. The third kappa shape index (κ3) is 5.19. The zero-order chi connectivity index (χ0) is 34.3. The molecule has 0 atom stereocenters. The number of hydrogen-bond acceptors (Lipinski definition) is 1. The second-order valence-electron chi connectivity index (χ2n) is 12.9. The molecule has 6 aromatic carbocycles. The lowest BCUT2D eigenvalue weighted by atomic mass is 9.99. The number of pyridine rings is 1. The molecule has 0 spiro atoms. The van der Waals surface area contributed by atoms with Crippen molar-refractivity contribution in [1.29, 1.82) is 0 Å². The predicted molar refractivity (Wildman–Crippen MR) is 216 cm³/mol. The Bertz CT molecular complexity index is 2760. The molecule has 3 nitrogen and oxygen atoms in total.